The van der Waals surface area contributed by atoms with Crippen molar-refractivity contribution in [2.75, 3.05) is 13.1 Å². The van der Waals surface area contributed by atoms with Gasteiger partial charge in [0.2, 0.25) is 0 Å². The van der Waals surface area contributed by atoms with Crippen molar-refractivity contribution in [1.29, 1.82) is 0 Å². The van der Waals surface area contributed by atoms with Gasteiger partial charge in [0.05, 0.1) is 4.88 Å². The number of hydrogen-bond donors (Lipinski definition) is 1. The van der Waals surface area contributed by atoms with Crippen molar-refractivity contribution in [3.8, 4) is 0 Å². The third-order valence-corrected chi connectivity index (χ3v) is 2.84. The molecule has 0 saturated heterocycles. The third-order valence-electron chi connectivity index (χ3n) is 1.99. The maximum absolute atomic E-state index is 11.9. The average Bonchev–Trinajstić information content (AvgIpc) is 2.65. The number of amides is 1. The van der Waals surface area contributed by atoms with E-state index in [-0.39, 0.29) is 11.9 Å². The highest BCUT2D eigenvalue weighted by Crippen LogP contribution is 2.13. The van der Waals surface area contributed by atoms with E-state index in [9.17, 15) is 4.79 Å². The van der Waals surface area contributed by atoms with Crippen LogP contribution in [-0.2, 0) is 0 Å². The zero-order valence-corrected chi connectivity index (χ0v) is 9.38. The monoisotopic (exact) mass is 212 g/mol. The highest BCUT2D eigenvalue weighted by molar-refractivity contribution is 7.12. The van der Waals surface area contributed by atoms with Gasteiger partial charge in [-0.05, 0) is 25.3 Å². The molecule has 0 spiro atoms. The topological polar surface area (TPSA) is 46.3 Å². The molecule has 0 radical (unpaired) electrons. The Balaban J connectivity index is 2.74. The van der Waals surface area contributed by atoms with Crippen LogP contribution in [0.2, 0.25) is 0 Å². The maximum atomic E-state index is 11.9. The largest absolute Gasteiger partial charge is 0.334 e. The van der Waals surface area contributed by atoms with Crippen molar-refractivity contribution in [1.82, 2.24) is 4.90 Å². The molecule has 0 saturated carbocycles. The van der Waals surface area contributed by atoms with Gasteiger partial charge >= 0.3 is 0 Å². The summed E-state index contributed by atoms with van der Waals surface area (Å²) >= 11 is 1.47. The summed E-state index contributed by atoms with van der Waals surface area (Å²) in [6.45, 7) is 5.13. The average molecular weight is 212 g/mol. The van der Waals surface area contributed by atoms with Gasteiger partial charge in [0, 0.05) is 19.1 Å². The van der Waals surface area contributed by atoms with Gasteiger partial charge in [-0.1, -0.05) is 6.07 Å². The van der Waals surface area contributed by atoms with E-state index in [2.05, 4.69) is 0 Å². The van der Waals surface area contributed by atoms with Gasteiger partial charge in [-0.15, -0.1) is 11.3 Å². The van der Waals surface area contributed by atoms with Gasteiger partial charge in [-0.3, -0.25) is 4.79 Å². The Labute approximate surface area is 88.5 Å². The fourth-order valence-corrected chi connectivity index (χ4v) is 1.95. The predicted molar refractivity (Wildman–Crippen MR) is 59.5 cm³/mol. The molecule has 0 atom stereocenters. The van der Waals surface area contributed by atoms with E-state index in [4.69, 9.17) is 5.73 Å². The Morgan fingerprint density at radius 2 is 2.36 bits per heavy atom. The molecule has 3 nitrogen and oxygen atoms in total. The van der Waals surface area contributed by atoms with E-state index in [1.165, 1.54) is 11.3 Å². The zero-order chi connectivity index (χ0) is 10.6. The summed E-state index contributed by atoms with van der Waals surface area (Å²) < 4.78 is 0. The van der Waals surface area contributed by atoms with Gasteiger partial charge < -0.3 is 10.6 Å². The first kappa shape index (κ1) is 11.2. The van der Waals surface area contributed by atoms with E-state index in [1.807, 2.05) is 31.4 Å². The second kappa shape index (κ2) is 5.12. The summed E-state index contributed by atoms with van der Waals surface area (Å²) in [7, 11) is 0. The molecule has 0 aliphatic rings. The Morgan fingerprint density at radius 1 is 1.64 bits per heavy atom. The first-order valence-corrected chi connectivity index (χ1v) is 5.59. The summed E-state index contributed by atoms with van der Waals surface area (Å²) in [5.74, 6) is 0.0838. The molecule has 1 rings (SSSR count). The van der Waals surface area contributed by atoms with Crippen LogP contribution in [0.4, 0.5) is 0 Å². The quantitative estimate of drug-likeness (QED) is 0.823. The highest BCUT2D eigenvalue weighted by atomic mass is 32.1. The second-order valence-electron chi connectivity index (χ2n) is 3.36. The van der Waals surface area contributed by atoms with Crippen molar-refractivity contribution in [2.24, 2.45) is 5.73 Å². The molecule has 0 aromatic carbocycles. The number of hydrogen-bond acceptors (Lipinski definition) is 3. The molecule has 0 aliphatic heterocycles. The summed E-state index contributed by atoms with van der Waals surface area (Å²) in [5.41, 5.74) is 5.47. The fraction of sp³-hybridized carbons (Fsp3) is 0.500. The van der Waals surface area contributed by atoms with Gasteiger partial charge in [-0.2, -0.15) is 0 Å². The summed E-state index contributed by atoms with van der Waals surface area (Å²) in [5, 5.41) is 1.91. The molecular formula is C10H16N2OS. The number of nitrogens with two attached hydrogens (primary N) is 1. The molecule has 0 aliphatic carbocycles. The molecule has 14 heavy (non-hydrogen) atoms. The van der Waals surface area contributed by atoms with Gasteiger partial charge in [0.25, 0.3) is 5.91 Å². The van der Waals surface area contributed by atoms with E-state index < -0.39 is 0 Å². The van der Waals surface area contributed by atoms with Crippen molar-refractivity contribution in [2.45, 2.75) is 19.9 Å². The minimum absolute atomic E-state index is 0.0838. The van der Waals surface area contributed by atoms with Crippen LogP contribution in [-0.4, -0.2) is 29.9 Å². The molecule has 1 aromatic rings. The van der Waals surface area contributed by atoms with Gasteiger partial charge in [0.1, 0.15) is 0 Å². The second-order valence-corrected chi connectivity index (χ2v) is 4.31. The molecule has 4 heteroatoms. The van der Waals surface area contributed by atoms with Crippen LogP contribution >= 0.6 is 11.3 Å². The minimum Gasteiger partial charge on any atom is -0.334 e. The van der Waals surface area contributed by atoms with E-state index in [0.29, 0.717) is 13.1 Å². The van der Waals surface area contributed by atoms with Crippen LogP contribution in [0.3, 0.4) is 0 Å². The van der Waals surface area contributed by atoms with Crippen molar-refractivity contribution < 1.29 is 4.79 Å². The third kappa shape index (κ3) is 2.56. The van der Waals surface area contributed by atoms with Gasteiger partial charge in [0.15, 0.2) is 0 Å². The Hall–Kier alpha value is -0.870. The first-order valence-electron chi connectivity index (χ1n) is 4.71. The van der Waals surface area contributed by atoms with Gasteiger partial charge in [-0.25, -0.2) is 0 Å². The molecule has 0 bridgehead atoms. The lowest BCUT2D eigenvalue weighted by Crippen LogP contribution is -2.40. The number of carbonyl (C=O) groups excluding carboxylic acids is 1. The molecular weight excluding hydrogens is 196 g/mol. The van der Waals surface area contributed by atoms with Crippen molar-refractivity contribution >= 4 is 17.2 Å². The molecule has 1 aromatic heterocycles. The highest BCUT2D eigenvalue weighted by Gasteiger charge is 2.18. The van der Waals surface area contributed by atoms with E-state index >= 15 is 0 Å². The Morgan fingerprint density at radius 3 is 2.79 bits per heavy atom. The summed E-state index contributed by atoms with van der Waals surface area (Å²) in [6, 6.07) is 3.94. The molecule has 78 valence electrons. The van der Waals surface area contributed by atoms with Crippen LogP contribution in [0.1, 0.15) is 23.5 Å². The lowest BCUT2D eigenvalue weighted by atomic mass is 10.3. The first-order chi connectivity index (χ1) is 6.66. The van der Waals surface area contributed by atoms with E-state index in [1.54, 1.807) is 4.90 Å². The molecule has 2 N–H and O–H groups in total. The van der Waals surface area contributed by atoms with Crippen LogP contribution in [0.15, 0.2) is 17.5 Å². The molecule has 0 unspecified atom stereocenters. The predicted octanol–water partition coefficient (Wildman–Crippen LogP) is 1.56. The van der Waals surface area contributed by atoms with Crippen LogP contribution in [0.5, 0.6) is 0 Å². The number of rotatable bonds is 4. The summed E-state index contributed by atoms with van der Waals surface area (Å²) in [4.78, 5) is 14.5. The molecule has 1 heterocycles. The standard InChI is InChI=1S/C10H16N2OS/c1-8(2)12(6-5-11)10(13)9-4-3-7-14-9/h3-4,7-8H,5-6,11H2,1-2H3. The lowest BCUT2D eigenvalue weighted by molar-refractivity contribution is 0.0717. The molecule has 1 amide bonds. The summed E-state index contributed by atoms with van der Waals surface area (Å²) in [6.07, 6.45) is 0. The lowest BCUT2D eigenvalue weighted by Gasteiger charge is -2.25. The normalized spacial score (nSPS) is 10.6. The van der Waals surface area contributed by atoms with Crippen LogP contribution < -0.4 is 5.73 Å². The fourth-order valence-electron chi connectivity index (χ4n) is 1.28. The Bertz CT molecular complexity index is 282. The number of nitrogens with zero attached hydrogens (tertiary/aromatic N) is 1. The van der Waals surface area contributed by atoms with Crippen LogP contribution in [0.25, 0.3) is 0 Å². The maximum Gasteiger partial charge on any atom is 0.264 e. The minimum atomic E-state index is 0.0838. The molecule has 0 fully saturated rings. The van der Waals surface area contributed by atoms with Crippen LogP contribution in [0, 0.1) is 0 Å². The van der Waals surface area contributed by atoms with Crippen molar-refractivity contribution in [3.63, 3.8) is 0 Å². The SMILES string of the molecule is CC(C)N(CCN)C(=O)c1cccs1. The van der Waals surface area contributed by atoms with E-state index in [0.717, 1.165) is 4.88 Å². The number of thiophene rings is 1. The van der Waals surface area contributed by atoms with Crippen molar-refractivity contribution in [3.05, 3.63) is 22.4 Å². The Kier molecular flexibility index (Phi) is 4.10. The smallest absolute Gasteiger partial charge is 0.264 e. The zero-order valence-electron chi connectivity index (χ0n) is 8.56. The number of carbonyl (C=O) groups is 1.